The van der Waals surface area contributed by atoms with Crippen molar-refractivity contribution in [1.82, 2.24) is 9.80 Å². The molecule has 104 valence electrons. The van der Waals surface area contributed by atoms with Crippen molar-refractivity contribution in [1.29, 1.82) is 0 Å². The molecule has 0 spiro atoms. The standard InChI is InChI=1S/C14H21N3O2/c1-10-7-13(15)4-3-12(10)9-16-5-6-17(14(18)19)11(2)8-16/h3-4,7,11H,5-6,8-9,15H2,1-2H3,(H,18,19)/t11-/m0/s1. The third-order valence-corrected chi connectivity index (χ3v) is 3.72. The van der Waals surface area contributed by atoms with Gasteiger partial charge in [0.1, 0.15) is 0 Å². The highest BCUT2D eigenvalue weighted by atomic mass is 16.4. The zero-order chi connectivity index (χ0) is 14.0. The summed E-state index contributed by atoms with van der Waals surface area (Å²) in [5.74, 6) is 0. The van der Waals surface area contributed by atoms with Gasteiger partial charge in [0.25, 0.3) is 0 Å². The first-order valence-corrected chi connectivity index (χ1v) is 6.54. The van der Waals surface area contributed by atoms with Crippen molar-refractivity contribution in [2.45, 2.75) is 26.4 Å². The average molecular weight is 263 g/mol. The molecule has 1 amide bonds. The Labute approximate surface area is 113 Å². The summed E-state index contributed by atoms with van der Waals surface area (Å²) in [6, 6.07) is 5.99. The van der Waals surface area contributed by atoms with Crippen LogP contribution < -0.4 is 5.73 Å². The molecule has 5 nitrogen and oxygen atoms in total. The third-order valence-electron chi connectivity index (χ3n) is 3.72. The lowest BCUT2D eigenvalue weighted by atomic mass is 10.1. The summed E-state index contributed by atoms with van der Waals surface area (Å²) >= 11 is 0. The van der Waals surface area contributed by atoms with Crippen LogP contribution in [0.4, 0.5) is 10.5 Å². The second-order valence-electron chi connectivity index (χ2n) is 5.25. The molecule has 0 bridgehead atoms. The lowest BCUT2D eigenvalue weighted by molar-refractivity contribution is 0.0710. The Hall–Kier alpha value is -1.75. The van der Waals surface area contributed by atoms with Crippen LogP contribution in [0, 0.1) is 6.92 Å². The van der Waals surface area contributed by atoms with Gasteiger partial charge in [-0.15, -0.1) is 0 Å². The van der Waals surface area contributed by atoms with Gasteiger partial charge < -0.3 is 15.7 Å². The highest BCUT2D eigenvalue weighted by molar-refractivity contribution is 5.65. The smallest absolute Gasteiger partial charge is 0.407 e. The predicted octanol–water partition coefficient (Wildman–Crippen LogP) is 1.76. The van der Waals surface area contributed by atoms with Crippen molar-refractivity contribution < 1.29 is 9.90 Å². The first-order chi connectivity index (χ1) is 8.97. The molecule has 0 unspecified atom stereocenters. The number of anilines is 1. The maximum absolute atomic E-state index is 11.0. The molecule has 1 saturated heterocycles. The number of nitrogens with zero attached hydrogens (tertiary/aromatic N) is 2. The quantitative estimate of drug-likeness (QED) is 0.798. The van der Waals surface area contributed by atoms with E-state index in [4.69, 9.17) is 10.8 Å². The maximum atomic E-state index is 11.0. The van der Waals surface area contributed by atoms with Gasteiger partial charge in [0.15, 0.2) is 0 Å². The molecule has 5 heteroatoms. The Kier molecular flexibility index (Phi) is 3.95. The van der Waals surface area contributed by atoms with Crippen LogP contribution in [0.15, 0.2) is 18.2 Å². The average Bonchev–Trinajstić information content (AvgIpc) is 2.32. The summed E-state index contributed by atoms with van der Waals surface area (Å²) < 4.78 is 0. The van der Waals surface area contributed by atoms with Crippen LogP contribution in [0.5, 0.6) is 0 Å². The SMILES string of the molecule is Cc1cc(N)ccc1CN1CCN(C(=O)O)[C@@H](C)C1. The molecule has 1 fully saturated rings. The molecule has 1 atom stereocenters. The minimum Gasteiger partial charge on any atom is -0.465 e. The number of nitrogens with two attached hydrogens (primary N) is 1. The van der Waals surface area contributed by atoms with E-state index in [-0.39, 0.29) is 6.04 Å². The minimum absolute atomic E-state index is 0.0420. The Bertz CT molecular complexity index is 476. The highest BCUT2D eigenvalue weighted by Gasteiger charge is 2.26. The molecule has 1 aromatic rings. The second kappa shape index (κ2) is 5.48. The molecular weight excluding hydrogens is 242 g/mol. The van der Waals surface area contributed by atoms with Crippen LogP contribution in [-0.2, 0) is 6.54 Å². The van der Waals surface area contributed by atoms with Crippen LogP contribution in [0.25, 0.3) is 0 Å². The maximum Gasteiger partial charge on any atom is 0.407 e. The number of carboxylic acid groups (broad SMARTS) is 1. The molecule has 1 heterocycles. The van der Waals surface area contributed by atoms with Crippen LogP contribution in [0.3, 0.4) is 0 Å². The summed E-state index contributed by atoms with van der Waals surface area (Å²) in [5, 5.41) is 9.05. The fraction of sp³-hybridized carbons (Fsp3) is 0.500. The van der Waals surface area contributed by atoms with Crippen LogP contribution in [0.1, 0.15) is 18.1 Å². The molecule has 2 rings (SSSR count). The van der Waals surface area contributed by atoms with E-state index in [9.17, 15) is 4.79 Å². The van der Waals surface area contributed by atoms with E-state index in [0.717, 1.165) is 25.3 Å². The first kappa shape index (κ1) is 13.7. The van der Waals surface area contributed by atoms with E-state index >= 15 is 0 Å². The van der Waals surface area contributed by atoms with E-state index in [1.165, 1.54) is 16.0 Å². The number of rotatable bonds is 2. The highest BCUT2D eigenvalue weighted by Crippen LogP contribution is 2.17. The van der Waals surface area contributed by atoms with Crippen molar-refractivity contribution >= 4 is 11.8 Å². The largest absolute Gasteiger partial charge is 0.465 e. The Morgan fingerprint density at radius 3 is 2.79 bits per heavy atom. The normalized spacial score (nSPS) is 20.5. The molecule has 0 aromatic heterocycles. The Morgan fingerprint density at radius 2 is 2.21 bits per heavy atom. The van der Waals surface area contributed by atoms with Crippen LogP contribution in [0.2, 0.25) is 0 Å². The molecule has 1 aromatic carbocycles. The lowest BCUT2D eigenvalue weighted by Gasteiger charge is -2.38. The molecule has 19 heavy (non-hydrogen) atoms. The predicted molar refractivity (Wildman–Crippen MR) is 75.1 cm³/mol. The summed E-state index contributed by atoms with van der Waals surface area (Å²) in [4.78, 5) is 14.8. The van der Waals surface area contributed by atoms with Gasteiger partial charge in [-0.2, -0.15) is 0 Å². The van der Waals surface area contributed by atoms with Gasteiger partial charge in [-0.25, -0.2) is 4.79 Å². The number of carbonyl (C=O) groups is 1. The summed E-state index contributed by atoms with van der Waals surface area (Å²) in [6.45, 7) is 6.99. The lowest BCUT2D eigenvalue weighted by Crippen LogP contribution is -2.53. The Balaban J connectivity index is 2.00. The van der Waals surface area contributed by atoms with Crippen molar-refractivity contribution in [3.63, 3.8) is 0 Å². The van der Waals surface area contributed by atoms with E-state index in [0.29, 0.717) is 6.54 Å². The van der Waals surface area contributed by atoms with Crippen molar-refractivity contribution in [3.8, 4) is 0 Å². The summed E-state index contributed by atoms with van der Waals surface area (Å²) in [6.07, 6.45) is -0.823. The van der Waals surface area contributed by atoms with E-state index in [1.54, 1.807) is 0 Å². The van der Waals surface area contributed by atoms with Crippen molar-refractivity contribution in [3.05, 3.63) is 29.3 Å². The van der Waals surface area contributed by atoms with Gasteiger partial charge in [0.2, 0.25) is 0 Å². The molecule has 1 aliphatic heterocycles. The van der Waals surface area contributed by atoms with Gasteiger partial charge in [0, 0.05) is 37.9 Å². The number of hydrogen-bond acceptors (Lipinski definition) is 3. The fourth-order valence-corrected chi connectivity index (χ4v) is 2.60. The summed E-state index contributed by atoms with van der Waals surface area (Å²) in [5.41, 5.74) is 8.97. The molecule has 1 aliphatic rings. The molecule has 0 aliphatic carbocycles. The number of piperazine rings is 1. The van der Waals surface area contributed by atoms with Gasteiger partial charge >= 0.3 is 6.09 Å². The number of aryl methyl sites for hydroxylation is 1. The summed E-state index contributed by atoms with van der Waals surface area (Å²) in [7, 11) is 0. The zero-order valence-corrected chi connectivity index (χ0v) is 11.5. The van der Waals surface area contributed by atoms with Crippen molar-refractivity contribution in [2.75, 3.05) is 25.4 Å². The van der Waals surface area contributed by atoms with Gasteiger partial charge in [-0.05, 0) is 37.1 Å². The number of hydrogen-bond donors (Lipinski definition) is 2. The van der Waals surface area contributed by atoms with Crippen LogP contribution in [-0.4, -0.2) is 46.7 Å². The topological polar surface area (TPSA) is 69.8 Å². The first-order valence-electron chi connectivity index (χ1n) is 6.54. The monoisotopic (exact) mass is 263 g/mol. The molecular formula is C14H21N3O2. The van der Waals surface area contributed by atoms with Crippen LogP contribution >= 0.6 is 0 Å². The number of amides is 1. The van der Waals surface area contributed by atoms with Crippen molar-refractivity contribution in [2.24, 2.45) is 0 Å². The molecule has 0 saturated carbocycles. The van der Waals surface area contributed by atoms with Gasteiger partial charge in [-0.3, -0.25) is 4.90 Å². The number of benzene rings is 1. The zero-order valence-electron chi connectivity index (χ0n) is 11.5. The molecule has 0 radical (unpaired) electrons. The minimum atomic E-state index is -0.823. The van der Waals surface area contributed by atoms with Gasteiger partial charge in [-0.1, -0.05) is 6.07 Å². The third kappa shape index (κ3) is 3.17. The fourth-order valence-electron chi connectivity index (χ4n) is 2.60. The van der Waals surface area contributed by atoms with E-state index < -0.39 is 6.09 Å². The van der Waals surface area contributed by atoms with E-state index in [1.807, 2.05) is 19.1 Å². The van der Waals surface area contributed by atoms with Gasteiger partial charge in [0.05, 0.1) is 0 Å². The Morgan fingerprint density at radius 1 is 1.47 bits per heavy atom. The molecule has 3 N–H and O–H groups in total. The van der Waals surface area contributed by atoms with E-state index in [2.05, 4.69) is 17.9 Å². The number of nitrogen functional groups attached to an aromatic ring is 1. The second-order valence-corrected chi connectivity index (χ2v) is 5.25.